The quantitative estimate of drug-likeness (QED) is 0.585. The van der Waals surface area contributed by atoms with Crippen LogP contribution in [-0.4, -0.2) is 19.0 Å². The summed E-state index contributed by atoms with van der Waals surface area (Å²) >= 11 is 0. The van der Waals surface area contributed by atoms with Gasteiger partial charge in [-0.2, -0.15) is 0 Å². The Hall–Kier alpha value is -1.41. The average Bonchev–Trinajstić information content (AvgIpc) is 2.42. The number of allylic oxidation sites excluding steroid dienone is 2. The Balaban J connectivity index is 1.75. The van der Waals surface area contributed by atoms with E-state index in [1.807, 2.05) is 30.3 Å². The van der Waals surface area contributed by atoms with Crippen LogP contribution in [0.2, 0.25) is 0 Å². The maximum atomic E-state index is 11.8. The fraction of sp³-hybridized carbons (Fsp3) is 0.438. The van der Waals surface area contributed by atoms with Crippen molar-refractivity contribution < 1.29 is 9.53 Å². The summed E-state index contributed by atoms with van der Waals surface area (Å²) in [6.45, 7) is 3.12. The van der Waals surface area contributed by atoms with Crippen molar-refractivity contribution in [3.8, 4) is 0 Å². The van der Waals surface area contributed by atoms with Crippen LogP contribution in [0.4, 0.5) is 0 Å². The summed E-state index contributed by atoms with van der Waals surface area (Å²) in [6.07, 6.45) is 6.64. The van der Waals surface area contributed by atoms with Crippen molar-refractivity contribution in [1.82, 2.24) is 0 Å². The molecule has 96 valence electrons. The number of ether oxygens (including phenoxy) is 1. The largest absolute Gasteiger partial charge is 0.373 e. The molecule has 0 saturated heterocycles. The normalized spacial score (nSPS) is 22.9. The number of hydrogen-bond acceptors (Lipinski definition) is 2. The predicted molar refractivity (Wildman–Crippen MR) is 72.6 cm³/mol. The Bertz CT molecular complexity index is 408. The van der Waals surface area contributed by atoms with Crippen LogP contribution in [0.1, 0.15) is 30.1 Å². The maximum absolute atomic E-state index is 11.8. The fourth-order valence-electron chi connectivity index (χ4n) is 2.25. The van der Waals surface area contributed by atoms with Crippen molar-refractivity contribution in [3.63, 3.8) is 0 Å². The van der Waals surface area contributed by atoms with Crippen LogP contribution in [-0.2, 0) is 4.74 Å². The Morgan fingerprint density at radius 1 is 1.22 bits per heavy atom. The summed E-state index contributed by atoms with van der Waals surface area (Å²) in [5, 5.41) is 0. The molecular weight excluding hydrogens is 224 g/mol. The summed E-state index contributed by atoms with van der Waals surface area (Å²) < 4.78 is 5.58. The summed E-state index contributed by atoms with van der Waals surface area (Å²) in [6, 6.07) is 9.32. The number of hydrogen-bond donors (Lipinski definition) is 0. The first kappa shape index (κ1) is 13.0. The first-order chi connectivity index (χ1) is 8.77. The molecular formula is C16H20O2. The standard InChI is InChI=1S/C16H20O2/c1-13-7-5-6-10-15(13)11-18-12-16(17)14-8-3-2-4-9-14/h2-6,8-9,13,15H,7,10-12H2,1H3. The van der Waals surface area contributed by atoms with E-state index < -0.39 is 0 Å². The van der Waals surface area contributed by atoms with E-state index in [0.717, 1.165) is 18.4 Å². The lowest BCUT2D eigenvalue weighted by atomic mass is 9.85. The van der Waals surface area contributed by atoms with Crippen LogP contribution in [0.15, 0.2) is 42.5 Å². The van der Waals surface area contributed by atoms with Crippen molar-refractivity contribution >= 4 is 5.78 Å². The van der Waals surface area contributed by atoms with Crippen LogP contribution in [0.3, 0.4) is 0 Å². The molecule has 1 aliphatic rings. The van der Waals surface area contributed by atoms with Gasteiger partial charge < -0.3 is 4.74 Å². The molecule has 0 radical (unpaired) electrons. The third kappa shape index (κ3) is 3.54. The van der Waals surface area contributed by atoms with Gasteiger partial charge in [0.15, 0.2) is 5.78 Å². The van der Waals surface area contributed by atoms with Crippen molar-refractivity contribution in [1.29, 1.82) is 0 Å². The van der Waals surface area contributed by atoms with Crippen molar-refractivity contribution in [2.75, 3.05) is 13.2 Å². The molecule has 18 heavy (non-hydrogen) atoms. The zero-order valence-corrected chi connectivity index (χ0v) is 10.8. The fourth-order valence-corrected chi connectivity index (χ4v) is 2.25. The van der Waals surface area contributed by atoms with Gasteiger partial charge in [-0.1, -0.05) is 49.4 Å². The van der Waals surface area contributed by atoms with E-state index in [9.17, 15) is 4.79 Å². The molecule has 0 heterocycles. The number of carbonyl (C=O) groups excluding carboxylic acids is 1. The van der Waals surface area contributed by atoms with Gasteiger partial charge in [0, 0.05) is 5.56 Å². The SMILES string of the molecule is CC1CC=CCC1COCC(=O)c1ccccc1. The highest BCUT2D eigenvalue weighted by Gasteiger charge is 2.18. The molecule has 2 nitrogen and oxygen atoms in total. The first-order valence-corrected chi connectivity index (χ1v) is 6.58. The number of benzene rings is 1. The van der Waals surface area contributed by atoms with Gasteiger partial charge in [-0.15, -0.1) is 0 Å². The van der Waals surface area contributed by atoms with Crippen LogP contribution in [0.25, 0.3) is 0 Å². The number of ketones is 1. The highest BCUT2D eigenvalue weighted by atomic mass is 16.5. The van der Waals surface area contributed by atoms with Crippen molar-refractivity contribution in [2.45, 2.75) is 19.8 Å². The highest BCUT2D eigenvalue weighted by molar-refractivity contribution is 5.96. The average molecular weight is 244 g/mol. The van der Waals surface area contributed by atoms with Gasteiger partial charge in [0.05, 0.1) is 6.61 Å². The topological polar surface area (TPSA) is 26.3 Å². The lowest BCUT2D eigenvalue weighted by molar-refractivity contribution is 0.0602. The smallest absolute Gasteiger partial charge is 0.188 e. The molecule has 0 fully saturated rings. The van der Waals surface area contributed by atoms with Gasteiger partial charge in [-0.05, 0) is 24.7 Å². The van der Waals surface area contributed by atoms with E-state index in [1.165, 1.54) is 0 Å². The minimum atomic E-state index is 0.0644. The van der Waals surface area contributed by atoms with E-state index >= 15 is 0 Å². The Morgan fingerprint density at radius 3 is 2.67 bits per heavy atom. The Morgan fingerprint density at radius 2 is 1.94 bits per heavy atom. The second-order valence-corrected chi connectivity index (χ2v) is 4.98. The first-order valence-electron chi connectivity index (χ1n) is 6.58. The summed E-state index contributed by atoms with van der Waals surface area (Å²) in [5.74, 6) is 1.27. The maximum Gasteiger partial charge on any atom is 0.188 e. The minimum Gasteiger partial charge on any atom is -0.373 e. The molecule has 0 aromatic heterocycles. The molecule has 0 saturated carbocycles. The number of rotatable bonds is 5. The summed E-state index contributed by atoms with van der Waals surface area (Å²) in [5.41, 5.74) is 0.731. The summed E-state index contributed by atoms with van der Waals surface area (Å²) in [4.78, 5) is 11.8. The summed E-state index contributed by atoms with van der Waals surface area (Å²) in [7, 11) is 0. The van der Waals surface area contributed by atoms with Gasteiger partial charge in [0.25, 0.3) is 0 Å². The highest BCUT2D eigenvalue weighted by Crippen LogP contribution is 2.24. The van der Waals surface area contributed by atoms with E-state index in [4.69, 9.17) is 4.74 Å². The van der Waals surface area contributed by atoms with Gasteiger partial charge in [-0.3, -0.25) is 4.79 Å². The monoisotopic (exact) mass is 244 g/mol. The Labute approximate surface area is 109 Å². The second-order valence-electron chi connectivity index (χ2n) is 4.98. The van der Waals surface area contributed by atoms with Gasteiger partial charge in [-0.25, -0.2) is 0 Å². The number of carbonyl (C=O) groups is 1. The van der Waals surface area contributed by atoms with E-state index in [-0.39, 0.29) is 12.4 Å². The molecule has 0 amide bonds. The van der Waals surface area contributed by atoms with Gasteiger partial charge in [0.1, 0.15) is 6.61 Å². The lowest BCUT2D eigenvalue weighted by Gasteiger charge is -2.24. The molecule has 1 aliphatic carbocycles. The van der Waals surface area contributed by atoms with Crippen LogP contribution >= 0.6 is 0 Å². The van der Waals surface area contributed by atoms with Gasteiger partial charge >= 0.3 is 0 Å². The molecule has 2 heteroatoms. The predicted octanol–water partition coefficient (Wildman–Crippen LogP) is 3.49. The molecule has 0 spiro atoms. The molecule has 0 bridgehead atoms. The molecule has 1 aromatic rings. The third-order valence-electron chi connectivity index (χ3n) is 3.58. The van der Waals surface area contributed by atoms with Crippen molar-refractivity contribution in [3.05, 3.63) is 48.0 Å². The minimum absolute atomic E-state index is 0.0644. The van der Waals surface area contributed by atoms with E-state index in [1.54, 1.807) is 0 Å². The zero-order valence-electron chi connectivity index (χ0n) is 10.8. The van der Waals surface area contributed by atoms with E-state index in [0.29, 0.717) is 18.4 Å². The lowest BCUT2D eigenvalue weighted by Crippen LogP contribution is -2.21. The number of Topliss-reactive ketones (excluding diaryl/α,β-unsaturated/α-hetero) is 1. The second kappa shape index (κ2) is 6.50. The molecule has 2 atom stereocenters. The van der Waals surface area contributed by atoms with Crippen LogP contribution in [0.5, 0.6) is 0 Å². The zero-order chi connectivity index (χ0) is 12.8. The van der Waals surface area contributed by atoms with E-state index in [2.05, 4.69) is 19.1 Å². The molecule has 0 aliphatic heterocycles. The third-order valence-corrected chi connectivity index (χ3v) is 3.58. The molecule has 1 aromatic carbocycles. The molecule has 2 unspecified atom stereocenters. The van der Waals surface area contributed by atoms with Gasteiger partial charge in [0.2, 0.25) is 0 Å². The van der Waals surface area contributed by atoms with Crippen LogP contribution < -0.4 is 0 Å². The van der Waals surface area contributed by atoms with Crippen LogP contribution in [0, 0.1) is 11.8 Å². The molecule has 0 N–H and O–H groups in total. The van der Waals surface area contributed by atoms with Crippen molar-refractivity contribution in [2.24, 2.45) is 11.8 Å². The Kier molecular flexibility index (Phi) is 4.71. The molecule has 2 rings (SSSR count).